The van der Waals surface area contributed by atoms with E-state index in [9.17, 15) is 14.4 Å². The van der Waals surface area contributed by atoms with Gasteiger partial charge in [0.05, 0.1) is 20.3 Å². The van der Waals surface area contributed by atoms with Crippen molar-refractivity contribution in [2.75, 3.05) is 33.7 Å². The molecule has 0 bridgehead atoms. The maximum atomic E-state index is 11.4. The molecule has 1 heterocycles. The monoisotopic (exact) mass is 273 g/mol. The summed E-state index contributed by atoms with van der Waals surface area (Å²) in [5.74, 6) is -1.66. The van der Waals surface area contributed by atoms with Crippen LogP contribution in [0.4, 0.5) is 0 Å². The fourth-order valence-corrected chi connectivity index (χ4v) is 1.18. The summed E-state index contributed by atoms with van der Waals surface area (Å²) in [5.41, 5.74) is 0. The third-order valence-electron chi connectivity index (χ3n) is 2.12. The van der Waals surface area contributed by atoms with E-state index in [1.165, 1.54) is 7.11 Å². The maximum Gasteiger partial charge on any atom is 0.331 e. The average molecular weight is 273 g/mol. The van der Waals surface area contributed by atoms with Gasteiger partial charge in [0.1, 0.15) is 13.4 Å². The third kappa shape index (κ3) is 5.98. The number of rotatable bonds is 6. The number of hydrogen-bond donors (Lipinski definition) is 1. The van der Waals surface area contributed by atoms with E-state index in [0.717, 1.165) is 12.2 Å². The molecule has 0 saturated carbocycles. The standard InChI is InChI=1S/C11H15NO7/c1-16-9(13)2-3-10(14)18-5-4-12-11(15)8-6-17-7-19-8/h2-3,8H,4-7H2,1H3,(H,12,15)/b3-2+/t8-/m0/s1. The summed E-state index contributed by atoms with van der Waals surface area (Å²) in [6.07, 6.45) is 1.28. The molecule has 1 aliphatic rings. The van der Waals surface area contributed by atoms with E-state index >= 15 is 0 Å². The number of amides is 1. The van der Waals surface area contributed by atoms with Gasteiger partial charge in [0.25, 0.3) is 5.91 Å². The highest BCUT2D eigenvalue weighted by molar-refractivity contribution is 5.91. The number of methoxy groups -OCH3 is 1. The number of ether oxygens (including phenoxy) is 4. The summed E-state index contributed by atoms with van der Waals surface area (Å²) < 4.78 is 18.9. The Morgan fingerprint density at radius 3 is 2.68 bits per heavy atom. The second-order valence-electron chi connectivity index (χ2n) is 3.46. The third-order valence-corrected chi connectivity index (χ3v) is 2.12. The molecule has 0 aliphatic carbocycles. The van der Waals surface area contributed by atoms with Crippen molar-refractivity contribution in [2.24, 2.45) is 0 Å². The highest BCUT2D eigenvalue weighted by atomic mass is 16.7. The van der Waals surface area contributed by atoms with Crippen LogP contribution in [0.5, 0.6) is 0 Å². The summed E-state index contributed by atoms with van der Waals surface area (Å²) in [4.78, 5) is 33.2. The Bertz CT molecular complexity index is 360. The van der Waals surface area contributed by atoms with Crippen LogP contribution in [0.25, 0.3) is 0 Å². The first-order valence-corrected chi connectivity index (χ1v) is 5.53. The van der Waals surface area contributed by atoms with Gasteiger partial charge in [0, 0.05) is 12.2 Å². The van der Waals surface area contributed by atoms with Gasteiger partial charge < -0.3 is 24.3 Å². The zero-order chi connectivity index (χ0) is 14.1. The number of esters is 2. The average Bonchev–Trinajstić information content (AvgIpc) is 2.94. The first-order chi connectivity index (χ1) is 9.13. The fourth-order valence-electron chi connectivity index (χ4n) is 1.18. The molecule has 106 valence electrons. The molecule has 1 amide bonds. The SMILES string of the molecule is COC(=O)/C=C/C(=O)OCCNC(=O)[C@@H]1COCO1. The van der Waals surface area contributed by atoms with E-state index < -0.39 is 18.0 Å². The van der Waals surface area contributed by atoms with E-state index in [1.807, 2.05) is 0 Å². The van der Waals surface area contributed by atoms with E-state index in [4.69, 9.17) is 14.2 Å². The maximum absolute atomic E-state index is 11.4. The second kappa shape index (κ2) is 8.22. The Balaban J connectivity index is 2.09. The van der Waals surface area contributed by atoms with Crippen LogP contribution in [0.15, 0.2) is 12.2 Å². The minimum absolute atomic E-state index is 0.0103. The molecule has 1 saturated heterocycles. The topological polar surface area (TPSA) is 100 Å². The molecule has 8 heteroatoms. The van der Waals surface area contributed by atoms with Crippen molar-refractivity contribution < 1.29 is 33.3 Å². The molecular weight excluding hydrogens is 258 g/mol. The van der Waals surface area contributed by atoms with E-state index in [-0.39, 0.29) is 32.5 Å². The lowest BCUT2D eigenvalue weighted by atomic mass is 10.3. The highest BCUT2D eigenvalue weighted by Gasteiger charge is 2.23. The minimum atomic E-state index is -0.694. The summed E-state index contributed by atoms with van der Waals surface area (Å²) in [7, 11) is 1.20. The van der Waals surface area contributed by atoms with Crippen molar-refractivity contribution in [1.29, 1.82) is 0 Å². The quantitative estimate of drug-likeness (QED) is 0.366. The molecule has 0 unspecified atom stereocenters. The van der Waals surface area contributed by atoms with Crippen LogP contribution >= 0.6 is 0 Å². The Morgan fingerprint density at radius 2 is 2.05 bits per heavy atom. The van der Waals surface area contributed by atoms with Gasteiger partial charge in [-0.1, -0.05) is 0 Å². The Kier molecular flexibility index (Phi) is 6.55. The predicted octanol–water partition coefficient (Wildman–Crippen LogP) is -1.25. The van der Waals surface area contributed by atoms with Gasteiger partial charge in [-0.15, -0.1) is 0 Å². The number of hydrogen-bond acceptors (Lipinski definition) is 7. The second-order valence-corrected chi connectivity index (χ2v) is 3.46. The lowest BCUT2D eigenvalue weighted by Crippen LogP contribution is -2.37. The van der Waals surface area contributed by atoms with Crippen molar-refractivity contribution in [3.05, 3.63) is 12.2 Å². The number of carbonyl (C=O) groups excluding carboxylic acids is 3. The number of nitrogens with one attached hydrogen (secondary N) is 1. The first kappa shape index (κ1) is 15.1. The van der Waals surface area contributed by atoms with E-state index in [0.29, 0.717) is 0 Å². The van der Waals surface area contributed by atoms with Gasteiger partial charge in [-0.2, -0.15) is 0 Å². The smallest absolute Gasteiger partial charge is 0.331 e. The molecule has 0 aromatic rings. The van der Waals surface area contributed by atoms with Crippen molar-refractivity contribution >= 4 is 17.8 Å². The highest BCUT2D eigenvalue weighted by Crippen LogP contribution is 2.01. The van der Waals surface area contributed by atoms with Crippen LogP contribution in [-0.4, -0.2) is 57.6 Å². The summed E-state index contributed by atoms with van der Waals surface area (Å²) in [5, 5.41) is 2.52. The molecule has 8 nitrogen and oxygen atoms in total. The molecule has 19 heavy (non-hydrogen) atoms. The van der Waals surface area contributed by atoms with Crippen LogP contribution in [0.1, 0.15) is 0 Å². The van der Waals surface area contributed by atoms with Crippen molar-refractivity contribution in [1.82, 2.24) is 5.32 Å². The minimum Gasteiger partial charge on any atom is -0.466 e. The van der Waals surface area contributed by atoms with Crippen molar-refractivity contribution in [3.63, 3.8) is 0 Å². The molecule has 1 fully saturated rings. The van der Waals surface area contributed by atoms with Gasteiger partial charge in [-0.3, -0.25) is 4.79 Å². The normalized spacial score (nSPS) is 18.3. The lowest BCUT2D eigenvalue weighted by molar-refractivity contribution is -0.139. The van der Waals surface area contributed by atoms with E-state index in [2.05, 4.69) is 10.1 Å². The summed E-state index contributed by atoms with van der Waals surface area (Å²) in [6.45, 7) is 0.457. The van der Waals surface area contributed by atoms with Crippen LogP contribution in [-0.2, 0) is 33.3 Å². The molecular formula is C11H15NO7. The largest absolute Gasteiger partial charge is 0.466 e. The molecule has 0 spiro atoms. The zero-order valence-corrected chi connectivity index (χ0v) is 10.4. The van der Waals surface area contributed by atoms with Crippen LogP contribution in [0.2, 0.25) is 0 Å². The van der Waals surface area contributed by atoms with E-state index in [1.54, 1.807) is 0 Å². The van der Waals surface area contributed by atoms with Gasteiger partial charge in [-0.25, -0.2) is 9.59 Å². The first-order valence-electron chi connectivity index (χ1n) is 5.53. The van der Waals surface area contributed by atoms with Crippen LogP contribution in [0.3, 0.4) is 0 Å². The van der Waals surface area contributed by atoms with Gasteiger partial charge in [0.15, 0.2) is 6.10 Å². The van der Waals surface area contributed by atoms with Gasteiger partial charge >= 0.3 is 11.9 Å². The van der Waals surface area contributed by atoms with Gasteiger partial charge in [-0.05, 0) is 0 Å². The molecule has 1 N–H and O–H groups in total. The Hall–Kier alpha value is -1.93. The molecule has 1 aliphatic heterocycles. The van der Waals surface area contributed by atoms with Crippen LogP contribution < -0.4 is 5.32 Å². The Morgan fingerprint density at radius 1 is 1.32 bits per heavy atom. The zero-order valence-electron chi connectivity index (χ0n) is 10.4. The predicted molar refractivity (Wildman–Crippen MR) is 60.8 cm³/mol. The Labute approximate surface area is 109 Å². The molecule has 0 aromatic heterocycles. The van der Waals surface area contributed by atoms with Crippen LogP contribution in [0, 0.1) is 0 Å². The molecule has 1 rings (SSSR count). The van der Waals surface area contributed by atoms with Crippen molar-refractivity contribution in [2.45, 2.75) is 6.10 Å². The van der Waals surface area contributed by atoms with Crippen molar-refractivity contribution in [3.8, 4) is 0 Å². The lowest BCUT2D eigenvalue weighted by Gasteiger charge is -2.08. The van der Waals surface area contributed by atoms with Gasteiger partial charge in [0.2, 0.25) is 0 Å². The fraction of sp³-hybridized carbons (Fsp3) is 0.545. The number of carbonyl (C=O) groups is 3. The molecule has 1 atom stereocenters. The summed E-state index contributed by atoms with van der Waals surface area (Å²) in [6, 6.07) is 0. The summed E-state index contributed by atoms with van der Waals surface area (Å²) >= 11 is 0. The molecule has 0 aromatic carbocycles. The molecule has 0 radical (unpaired) electrons.